The van der Waals surface area contributed by atoms with Gasteiger partial charge in [0.2, 0.25) is 0 Å². The van der Waals surface area contributed by atoms with Gasteiger partial charge < -0.3 is 4.74 Å². The van der Waals surface area contributed by atoms with Gasteiger partial charge in [0.15, 0.2) is 0 Å². The lowest BCUT2D eigenvalue weighted by atomic mass is 10.1. The molecule has 1 heterocycles. The molecule has 0 bridgehead atoms. The van der Waals surface area contributed by atoms with Gasteiger partial charge in [-0.2, -0.15) is 0 Å². The summed E-state index contributed by atoms with van der Waals surface area (Å²) in [4.78, 5) is 11.7. The van der Waals surface area contributed by atoms with E-state index in [0.29, 0.717) is 6.42 Å². The molecular weight excluding hydrogens is 224 g/mol. The van der Waals surface area contributed by atoms with Crippen molar-refractivity contribution in [3.8, 4) is 0 Å². The zero-order valence-corrected chi connectivity index (χ0v) is 11.8. The molecule has 0 N–H and O–H groups in total. The number of carbonyl (C=O) groups is 1. The van der Waals surface area contributed by atoms with Crippen LogP contribution in [0.4, 0.5) is 0 Å². The van der Waals surface area contributed by atoms with E-state index in [-0.39, 0.29) is 12.1 Å². The summed E-state index contributed by atoms with van der Waals surface area (Å²) in [5.41, 5.74) is 0. The van der Waals surface area contributed by atoms with E-state index in [2.05, 4.69) is 19.1 Å². The molecule has 1 aliphatic heterocycles. The van der Waals surface area contributed by atoms with Crippen molar-refractivity contribution in [2.75, 3.05) is 0 Å². The molecule has 0 aromatic carbocycles. The van der Waals surface area contributed by atoms with Crippen molar-refractivity contribution < 1.29 is 9.53 Å². The van der Waals surface area contributed by atoms with E-state index in [4.69, 9.17) is 4.74 Å². The van der Waals surface area contributed by atoms with Gasteiger partial charge in [-0.25, -0.2) is 0 Å². The first-order chi connectivity index (χ1) is 8.83. The van der Waals surface area contributed by atoms with Crippen LogP contribution in [0.25, 0.3) is 0 Å². The van der Waals surface area contributed by atoms with Gasteiger partial charge >= 0.3 is 5.97 Å². The molecule has 1 aliphatic rings. The number of rotatable bonds is 1. The normalized spacial score (nSPS) is 26.7. The first-order valence-corrected chi connectivity index (χ1v) is 7.67. The van der Waals surface area contributed by atoms with Crippen molar-refractivity contribution in [2.45, 2.75) is 83.7 Å². The van der Waals surface area contributed by atoms with Crippen LogP contribution in [0, 0.1) is 0 Å². The van der Waals surface area contributed by atoms with Gasteiger partial charge in [0.25, 0.3) is 0 Å². The van der Waals surface area contributed by atoms with E-state index in [9.17, 15) is 4.79 Å². The highest BCUT2D eigenvalue weighted by Gasteiger charge is 2.11. The maximum atomic E-state index is 11.7. The number of esters is 1. The fourth-order valence-corrected chi connectivity index (χ4v) is 2.35. The van der Waals surface area contributed by atoms with Gasteiger partial charge in [-0.1, -0.05) is 38.3 Å². The Labute approximate surface area is 112 Å². The average molecular weight is 252 g/mol. The van der Waals surface area contributed by atoms with Crippen molar-refractivity contribution in [3.05, 3.63) is 12.2 Å². The van der Waals surface area contributed by atoms with Crippen molar-refractivity contribution in [2.24, 2.45) is 0 Å². The zero-order chi connectivity index (χ0) is 13.1. The van der Waals surface area contributed by atoms with Crippen LogP contribution in [0.5, 0.6) is 0 Å². The maximum Gasteiger partial charge on any atom is 0.306 e. The summed E-state index contributed by atoms with van der Waals surface area (Å²) in [5, 5.41) is 0. The third kappa shape index (κ3) is 7.52. The van der Waals surface area contributed by atoms with Gasteiger partial charge in [0, 0.05) is 6.42 Å². The van der Waals surface area contributed by atoms with E-state index in [1.807, 2.05) is 0 Å². The molecule has 0 radical (unpaired) electrons. The molecule has 0 aliphatic carbocycles. The summed E-state index contributed by atoms with van der Waals surface area (Å²) in [5.74, 6) is 0.00673. The van der Waals surface area contributed by atoms with Gasteiger partial charge in [-0.3, -0.25) is 4.79 Å². The lowest BCUT2D eigenvalue weighted by Crippen LogP contribution is -2.17. The predicted molar refractivity (Wildman–Crippen MR) is 75.5 cm³/mol. The molecule has 18 heavy (non-hydrogen) atoms. The molecule has 0 spiro atoms. The van der Waals surface area contributed by atoms with Gasteiger partial charge in [0.05, 0.1) is 0 Å². The summed E-state index contributed by atoms with van der Waals surface area (Å²) in [6.45, 7) is 2.10. The van der Waals surface area contributed by atoms with E-state index in [0.717, 1.165) is 38.5 Å². The second-order valence-electron chi connectivity index (χ2n) is 5.23. The van der Waals surface area contributed by atoms with Gasteiger partial charge in [0.1, 0.15) is 6.10 Å². The van der Waals surface area contributed by atoms with Crippen molar-refractivity contribution >= 4 is 5.97 Å². The van der Waals surface area contributed by atoms with Crippen LogP contribution in [0.3, 0.4) is 0 Å². The summed E-state index contributed by atoms with van der Waals surface area (Å²) in [6, 6.07) is 0. The number of carbonyl (C=O) groups excluding carboxylic acids is 1. The quantitative estimate of drug-likeness (QED) is 0.496. The number of allylic oxidation sites excluding steroid dienone is 2. The fraction of sp³-hybridized carbons (Fsp3) is 0.812. The van der Waals surface area contributed by atoms with E-state index in [1.165, 1.54) is 25.7 Å². The third-order valence-electron chi connectivity index (χ3n) is 3.57. The number of hydrogen-bond donors (Lipinski definition) is 0. The topological polar surface area (TPSA) is 26.3 Å². The van der Waals surface area contributed by atoms with Crippen LogP contribution >= 0.6 is 0 Å². The first-order valence-electron chi connectivity index (χ1n) is 7.67. The van der Waals surface area contributed by atoms with E-state index >= 15 is 0 Å². The SMILES string of the molecule is CCC1CCC/C=C\CCCCCCCC(=O)O1. The molecule has 2 nitrogen and oxygen atoms in total. The Morgan fingerprint density at radius 1 is 1.06 bits per heavy atom. The molecule has 0 saturated heterocycles. The minimum Gasteiger partial charge on any atom is -0.462 e. The molecule has 2 heteroatoms. The molecule has 104 valence electrons. The summed E-state index contributed by atoms with van der Waals surface area (Å²) < 4.78 is 5.51. The number of ether oxygens (including phenoxy) is 1. The minimum absolute atomic E-state index is 0.00673. The van der Waals surface area contributed by atoms with Crippen molar-refractivity contribution in [1.82, 2.24) is 0 Å². The highest BCUT2D eigenvalue weighted by molar-refractivity contribution is 5.69. The van der Waals surface area contributed by atoms with Crippen LogP contribution in [0.2, 0.25) is 0 Å². The van der Waals surface area contributed by atoms with Crippen LogP contribution in [-0.4, -0.2) is 12.1 Å². The predicted octanol–water partition coefficient (Wildman–Crippen LogP) is 4.78. The Bertz CT molecular complexity index is 245. The van der Waals surface area contributed by atoms with Crippen LogP contribution in [-0.2, 0) is 9.53 Å². The highest BCUT2D eigenvalue weighted by atomic mass is 16.5. The molecule has 1 rings (SSSR count). The molecular formula is C16H28O2. The first kappa shape index (κ1) is 15.3. The summed E-state index contributed by atoms with van der Waals surface area (Å²) >= 11 is 0. The van der Waals surface area contributed by atoms with Gasteiger partial charge in [-0.05, 0) is 44.9 Å². The number of hydrogen-bond acceptors (Lipinski definition) is 2. The Kier molecular flexibility index (Phi) is 8.62. The smallest absolute Gasteiger partial charge is 0.306 e. The zero-order valence-electron chi connectivity index (χ0n) is 11.8. The molecule has 0 amide bonds. The molecule has 1 unspecified atom stereocenters. The Hall–Kier alpha value is -0.790. The number of cyclic esters (lactones) is 1. The fourth-order valence-electron chi connectivity index (χ4n) is 2.35. The standard InChI is InChI=1S/C16H28O2/c1-2-15-13-11-9-7-5-3-4-6-8-10-12-14-16(17)18-15/h5,7,15H,2-4,6,8-14H2,1H3/b7-5-. The molecule has 0 aromatic rings. The summed E-state index contributed by atoms with van der Waals surface area (Å²) in [6.07, 6.45) is 16.7. The van der Waals surface area contributed by atoms with E-state index < -0.39 is 0 Å². The molecule has 1 atom stereocenters. The van der Waals surface area contributed by atoms with Crippen LogP contribution in [0.15, 0.2) is 12.2 Å². The average Bonchev–Trinajstić information content (AvgIpc) is 2.38. The van der Waals surface area contributed by atoms with Crippen molar-refractivity contribution in [3.63, 3.8) is 0 Å². The lowest BCUT2D eigenvalue weighted by Gasteiger charge is -2.15. The monoisotopic (exact) mass is 252 g/mol. The van der Waals surface area contributed by atoms with Gasteiger partial charge in [-0.15, -0.1) is 0 Å². The van der Waals surface area contributed by atoms with E-state index in [1.54, 1.807) is 0 Å². The largest absolute Gasteiger partial charge is 0.462 e. The van der Waals surface area contributed by atoms with Crippen LogP contribution in [0.1, 0.15) is 77.6 Å². The Morgan fingerprint density at radius 2 is 1.72 bits per heavy atom. The highest BCUT2D eigenvalue weighted by Crippen LogP contribution is 2.14. The Morgan fingerprint density at radius 3 is 2.50 bits per heavy atom. The molecule has 0 fully saturated rings. The maximum absolute atomic E-state index is 11.7. The van der Waals surface area contributed by atoms with Crippen LogP contribution < -0.4 is 0 Å². The summed E-state index contributed by atoms with van der Waals surface area (Å²) in [7, 11) is 0. The third-order valence-corrected chi connectivity index (χ3v) is 3.57. The Balaban J connectivity index is 2.36. The molecule has 0 aromatic heterocycles. The lowest BCUT2D eigenvalue weighted by molar-refractivity contribution is -0.149. The second kappa shape index (κ2) is 10.2. The minimum atomic E-state index is 0.00673. The second-order valence-corrected chi connectivity index (χ2v) is 5.23. The van der Waals surface area contributed by atoms with Crippen molar-refractivity contribution in [1.29, 1.82) is 0 Å². The molecule has 0 saturated carbocycles.